The second-order valence-electron chi connectivity index (χ2n) is 8.39. The molecule has 228 valence electrons. The fraction of sp³-hybridized carbons (Fsp3) is 0. The normalized spacial score (nSPS) is 14.5. The molecule has 1 fully saturated rings. The van der Waals surface area contributed by atoms with Crippen molar-refractivity contribution in [2.24, 2.45) is 0 Å². The molecule has 0 amide bonds. The lowest BCUT2D eigenvalue weighted by Gasteiger charge is -2.07. The Morgan fingerprint density at radius 2 is 0.600 bits per heavy atom. The van der Waals surface area contributed by atoms with Crippen molar-refractivity contribution < 1.29 is 65.9 Å². The summed E-state index contributed by atoms with van der Waals surface area (Å²) < 4.78 is 213. The molecule has 0 atom stereocenters. The third-order valence-electron chi connectivity index (χ3n) is 6.13. The monoisotopic (exact) mass is 651 g/mol. The van der Waals surface area contributed by atoms with Gasteiger partial charge in [0.25, 0.3) is 0 Å². The van der Waals surface area contributed by atoms with Gasteiger partial charge in [0.2, 0.25) is 17.3 Å². The van der Waals surface area contributed by atoms with Crippen LogP contribution >= 0.6 is 0 Å². The zero-order valence-electron chi connectivity index (χ0n) is 20.5. The molecule has 0 aromatic heterocycles. The average molecular weight is 651 g/mol. The Kier molecular flexibility index (Phi) is 7.94. The van der Waals surface area contributed by atoms with Crippen LogP contribution in [0.4, 0.5) is 65.9 Å². The molecule has 0 spiro atoms. The first-order chi connectivity index (χ1) is 21.0. The fourth-order valence-corrected chi connectivity index (χ4v) is 4.10. The van der Waals surface area contributed by atoms with Crippen LogP contribution in [0.2, 0.25) is 0 Å². The van der Waals surface area contributed by atoms with Gasteiger partial charge in [0.05, 0.1) is 34.4 Å². The summed E-state index contributed by atoms with van der Waals surface area (Å²) in [6, 6.07) is 1.70. The van der Waals surface area contributed by atoms with Crippen LogP contribution in [0.3, 0.4) is 0 Å². The van der Waals surface area contributed by atoms with E-state index in [9.17, 15) is 76.4 Å². The van der Waals surface area contributed by atoms with Gasteiger partial charge in [0, 0.05) is 0 Å². The molecule has 0 bridgehead atoms. The third kappa shape index (κ3) is 4.47. The van der Waals surface area contributed by atoms with Gasteiger partial charge in [-0.2, -0.15) is 10.5 Å². The molecule has 0 unspecified atom stereocenters. The number of halogens is 15. The van der Waals surface area contributed by atoms with E-state index < -0.39 is 138 Å². The number of hydrogen-bond donors (Lipinski definition) is 0. The second-order valence-corrected chi connectivity index (χ2v) is 8.39. The summed E-state index contributed by atoms with van der Waals surface area (Å²) in [6.07, 6.45) is 0. The Balaban J connectivity index is 2.36. The SMILES string of the molecule is [C-]#[N+]C(=C1C(=C(C#N)c2c(F)c(F)c(F)c(F)c2F)C1=C(C#N)c1c(F)c(F)c(F)c(F)c1F)c1c(F)c(F)c(F)c(F)c1F. The Bertz CT molecular complexity index is 1800. The van der Waals surface area contributed by atoms with Gasteiger partial charge in [-0.15, -0.1) is 0 Å². The van der Waals surface area contributed by atoms with Crippen LogP contribution in [-0.4, -0.2) is 0 Å². The summed E-state index contributed by atoms with van der Waals surface area (Å²) in [5.74, 6) is -41.5. The Labute approximate surface area is 238 Å². The van der Waals surface area contributed by atoms with Gasteiger partial charge >= 0.3 is 0 Å². The van der Waals surface area contributed by atoms with E-state index >= 15 is 0 Å². The van der Waals surface area contributed by atoms with E-state index in [1.165, 1.54) is 0 Å². The van der Waals surface area contributed by atoms with Gasteiger partial charge in [-0.25, -0.2) is 70.7 Å². The standard InChI is InChI=1S/C27F15N3/c1-45-27(11-16(32)22(38)26(42)23(39)17(11)33)10-6(4(2-43)8-12(28)18(34)24(40)19(35)13(8)29)7(10)5(3-44)9-14(30)20(36)25(41)21(37)15(9)31. The molecular formula is C27F15N3. The van der Waals surface area contributed by atoms with Crippen LogP contribution in [0.15, 0.2) is 16.7 Å². The summed E-state index contributed by atoms with van der Waals surface area (Å²) in [5.41, 5.74) is -16.9. The zero-order valence-corrected chi connectivity index (χ0v) is 20.5. The molecule has 0 radical (unpaired) electrons. The molecule has 0 N–H and O–H groups in total. The second kappa shape index (κ2) is 11.1. The lowest BCUT2D eigenvalue weighted by molar-refractivity contribution is 0.376. The predicted octanol–water partition coefficient (Wildman–Crippen LogP) is 8.37. The molecule has 1 aliphatic rings. The number of rotatable bonds is 3. The molecule has 1 aliphatic carbocycles. The maximum absolute atomic E-state index is 14.7. The van der Waals surface area contributed by atoms with Crippen LogP contribution in [-0.2, 0) is 0 Å². The highest BCUT2D eigenvalue weighted by molar-refractivity contribution is 6.11. The molecule has 45 heavy (non-hydrogen) atoms. The first-order valence-electron chi connectivity index (χ1n) is 11.0. The molecule has 3 aromatic rings. The maximum Gasteiger partial charge on any atom is 0.208 e. The number of nitriles is 2. The smallest absolute Gasteiger partial charge is 0.208 e. The summed E-state index contributed by atoms with van der Waals surface area (Å²) in [7, 11) is 0. The quantitative estimate of drug-likeness (QED) is 0.0940. The summed E-state index contributed by atoms with van der Waals surface area (Å²) >= 11 is 0. The Morgan fingerprint density at radius 3 is 0.822 bits per heavy atom. The van der Waals surface area contributed by atoms with Crippen molar-refractivity contribution >= 4 is 16.8 Å². The van der Waals surface area contributed by atoms with Crippen molar-refractivity contribution in [2.45, 2.75) is 0 Å². The van der Waals surface area contributed by atoms with Crippen LogP contribution < -0.4 is 0 Å². The number of benzene rings is 3. The van der Waals surface area contributed by atoms with Crippen molar-refractivity contribution in [3.8, 4) is 12.1 Å². The van der Waals surface area contributed by atoms with E-state index in [0.717, 1.165) is 12.1 Å². The molecule has 1 saturated carbocycles. The van der Waals surface area contributed by atoms with E-state index in [2.05, 4.69) is 4.85 Å². The van der Waals surface area contributed by atoms with Gasteiger partial charge in [-0.1, -0.05) is 0 Å². The van der Waals surface area contributed by atoms with E-state index in [1.54, 1.807) is 0 Å². The minimum Gasteiger partial charge on any atom is -0.237 e. The van der Waals surface area contributed by atoms with Crippen molar-refractivity contribution in [3.05, 3.63) is 132 Å². The van der Waals surface area contributed by atoms with Gasteiger partial charge in [0.1, 0.15) is 12.1 Å². The lowest BCUT2D eigenvalue weighted by atomic mass is 10.0. The van der Waals surface area contributed by atoms with Gasteiger partial charge in [0.15, 0.2) is 75.6 Å². The fourth-order valence-electron chi connectivity index (χ4n) is 4.10. The van der Waals surface area contributed by atoms with Crippen LogP contribution in [0.5, 0.6) is 0 Å². The van der Waals surface area contributed by atoms with Crippen molar-refractivity contribution in [3.63, 3.8) is 0 Å². The van der Waals surface area contributed by atoms with Crippen LogP contribution in [0.1, 0.15) is 16.7 Å². The van der Waals surface area contributed by atoms with Gasteiger partial charge < -0.3 is 0 Å². The number of nitrogens with zero attached hydrogens (tertiary/aromatic N) is 3. The maximum atomic E-state index is 14.7. The molecule has 0 saturated heterocycles. The van der Waals surface area contributed by atoms with Gasteiger partial charge in [-0.05, 0) is 16.7 Å². The van der Waals surface area contributed by atoms with Gasteiger partial charge in [-0.3, -0.25) is 0 Å². The Hall–Kier alpha value is -5.70. The molecule has 0 aliphatic heterocycles. The first kappa shape index (κ1) is 32.2. The van der Waals surface area contributed by atoms with E-state index in [1.807, 2.05) is 0 Å². The minimum atomic E-state index is -2.81. The van der Waals surface area contributed by atoms with Crippen molar-refractivity contribution in [1.29, 1.82) is 10.5 Å². The average Bonchev–Trinajstić information content (AvgIpc) is 3.74. The number of hydrogen-bond acceptors (Lipinski definition) is 2. The van der Waals surface area contributed by atoms with E-state index in [-0.39, 0.29) is 0 Å². The largest absolute Gasteiger partial charge is 0.237 e. The van der Waals surface area contributed by atoms with E-state index in [0.29, 0.717) is 0 Å². The molecule has 18 heteroatoms. The van der Waals surface area contributed by atoms with Crippen LogP contribution in [0, 0.1) is 116 Å². The molecule has 3 nitrogen and oxygen atoms in total. The third-order valence-corrected chi connectivity index (χ3v) is 6.13. The zero-order chi connectivity index (χ0) is 34.0. The highest BCUT2D eigenvalue weighted by atomic mass is 19.2. The highest BCUT2D eigenvalue weighted by Gasteiger charge is 2.46. The van der Waals surface area contributed by atoms with Crippen molar-refractivity contribution in [1.82, 2.24) is 0 Å². The lowest BCUT2D eigenvalue weighted by Crippen LogP contribution is -2.07. The Morgan fingerprint density at radius 1 is 0.378 bits per heavy atom. The predicted molar refractivity (Wildman–Crippen MR) is 117 cm³/mol. The summed E-state index contributed by atoms with van der Waals surface area (Å²) in [6.45, 7) is 7.25. The van der Waals surface area contributed by atoms with Crippen molar-refractivity contribution in [2.75, 3.05) is 0 Å². The topological polar surface area (TPSA) is 51.9 Å². The molecule has 4 rings (SSSR count). The minimum absolute atomic E-state index is 0.851. The molecule has 3 aromatic carbocycles. The van der Waals surface area contributed by atoms with E-state index in [4.69, 9.17) is 6.57 Å². The summed E-state index contributed by atoms with van der Waals surface area (Å²) in [4.78, 5) is 2.48. The van der Waals surface area contributed by atoms with Crippen LogP contribution in [0.25, 0.3) is 21.7 Å². The first-order valence-corrected chi connectivity index (χ1v) is 11.0. The number of allylic oxidation sites excluding steroid dienone is 5. The highest BCUT2D eigenvalue weighted by Crippen LogP contribution is 2.57. The summed E-state index contributed by atoms with van der Waals surface area (Å²) in [5, 5.41) is 19.2. The molecular weight excluding hydrogens is 651 g/mol. The molecule has 0 heterocycles.